The van der Waals surface area contributed by atoms with Gasteiger partial charge in [-0.05, 0) is 30.0 Å². The molecule has 2 heterocycles. The van der Waals surface area contributed by atoms with Crippen LogP contribution in [-0.2, 0) is 6.42 Å². The van der Waals surface area contributed by atoms with E-state index >= 15 is 0 Å². The highest BCUT2D eigenvalue weighted by Gasteiger charge is 2.17. The van der Waals surface area contributed by atoms with Crippen LogP contribution in [0.15, 0.2) is 35.1 Å². The Balaban J connectivity index is 2.19. The van der Waals surface area contributed by atoms with E-state index in [1.807, 2.05) is 24.4 Å². The predicted molar refractivity (Wildman–Crippen MR) is 83.8 cm³/mol. The molecule has 0 radical (unpaired) electrons. The van der Waals surface area contributed by atoms with Gasteiger partial charge >= 0.3 is 12.0 Å². The van der Waals surface area contributed by atoms with Gasteiger partial charge in [0.1, 0.15) is 6.26 Å². The summed E-state index contributed by atoms with van der Waals surface area (Å²) in [6, 6.07) is 5.86. The quantitative estimate of drug-likeness (QED) is 0.784. The Morgan fingerprint density at radius 3 is 2.86 bits per heavy atom. The van der Waals surface area contributed by atoms with Crippen LogP contribution in [-0.4, -0.2) is 20.6 Å². The van der Waals surface area contributed by atoms with Crippen molar-refractivity contribution in [1.29, 1.82) is 0 Å². The lowest BCUT2D eigenvalue weighted by Crippen LogP contribution is -1.98. The molecular formula is C16H15ClN2O3. The molecule has 0 saturated carbocycles. The van der Waals surface area contributed by atoms with E-state index in [1.54, 1.807) is 4.57 Å². The highest BCUT2D eigenvalue weighted by atomic mass is 35.5. The van der Waals surface area contributed by atoms with Gasteiger partial charge in [0, 0.05) is 16.6 Å². The molecule has 0 atom stereocenters. The van der Waals surface area contributed by atoms with E-state index in [0.29, 0.717) is 10.9 Å². The van der Waals surface area contributed by atoms with Crippen LogP contribution in [0.25, 0.3) is 16.9 Å². The number of benzene rings is 1. The third kappa shape index (κ3) is 2.60. The summed E-state index contributed by atoms with van der Waals surface area (Å²) in [7, 11) is 0. The van der Waals surface area contributed by atoms with Crippen molar-refractivity contribution in [1.82, 2.24) is 9.55 Å². The van der Waals surface area contributed by atoms with E-state index < -0.39 is 5.97 Å². The smallest absolute Gasteiger partial charge is 0.357 e. The molecule has 0 unspecified atom stereocenters. The van der Waals surface area contributed by atoms with Crippen molar-refractivity contribution >= 4 is 28.5 Å². The Kier molecular flexibility index (Phi) is 3.66. The van der Waals surface area contributed by atoms with Gasteiger partial charge in [0.05, 0.1) is 5.52 Å². The molecule has 0 aliphatic rings. The van der Waals surface area contributed by atoms with Gasteiger partial charge in [-0.25, -0.2) is 4.79 Å². The summed E-state index contributed by atoms with van der Waals surface area (Å²) in [6.45, 7) is 4.29. The predicted octanol–water partition coefficient (Wildman–Crippen LogP) is 4.17. The summed E-state index contributed by atoms with van der Waals surface area (Å²) in [6.07, 6.45) is 3.96. The first-order valence-corrected chi connectivity index (χ1v) is 7.32. The Hall–Kier alpha value is -2.27. The van der Waals surface area contributed by atoms with Crippen LogP contribution in [0.2, 0.25) is 5.02 Å². The van der Waals surface area contributed by atoms with Crippen LogP contribution in [0.5, 0.6) is 0 Å². The average molecular weight is 319 g/mol. The van der Waals surface area contributed by atoms with E-state index in [1.165, 1.54) is 0 Å². The summed E-state index contributed by atoms with van der Waals surface area (Å²) < 4.78 is 7.05. The largest absolute Gasteiger partial charge is 0.476 e. The maximum Gasteiger partial charge on any atom is 0.357 e. The average Bonchev–Trinajstić information content (AvgIpc) is 3.03. The Bertz CT molecular complexity index is 848. The molecule has 5 nitrogen and oxygen atoms in total. The zero-order valence-electron chi connectivity index (χ0n) is 12.2. The van der Waals surface area contributed by atoms with E-state index in [-0.39, 0.29) is 11.7 Å². The highest BCUT2D eigenvalue weighted by molar-refractivity contribution is 6.31. The summed E-state index contributed by atoms with van der Waals surface area (Å²) >= 11 is 6.09. The van der Waals surface area contributed by atoms with Gasteiger partial charge in [-0.2, -0.15) is 4.98 Å². The number of fused-ring (bicyclic) bond motifs is 1. The van der Waals surface area contributed by atoms with Crippen molar-refractivity contribution in [3.05, 3.63) is 46.9 Å². The molecule has 114 valence electrons. The second kappa shape index (κ2) is 5.50. The molecular weight excluding hydrogens is 304 g/mol. The minimum Gasteiger partial charge on any atom is -0.476 e. The van der Waals surface area contributed by atoms with Gasteiger partial charge in [-0.3, -0.25) is 4.57 Å². The fraction of sp³-hybridized carbons (Fsp3) is 0.250. The molecule has 2 aromatic heterocycles. The first-order chi connectivity index (χ1) is 10.5. The number of aromatic nitrogens is 2. The molecule has 3 rings (SSSR count). The Morgan fingerprint density at radius 1 is 1.45 bits per heavy atom. The van der Waals surface area contributed by atoms with Crippen molar-refractivity contribution in [2.24, 2.45) is 5.92 Å². The molecule has 0 saturated heterocycles. The molecule has 22 heavy (non-hydrogen) atoms. The zero-order valence-corrected chi connectivity index (χ0v) is 13.0. The molecule has 0 fully saturated rings. The summed E-state index contributed by atoms with van der Waals surface area (Å²) in [5.74, 6) is -0.624. The summed E-state index contributed by atoms with van der Waals surface area (Å²) in [4.78, 5) is 15.0. The molecule has 0 aliphatic carbocycles. The third-order valence-electron chi connectivity index (χ3n) is 3.40. The summed E-state index contributed by atoms with van der Waals surface area (Å²) in [5, 5.41) is 10.6. The lowest BCUT2D eigenvalue weighted by Gasteiger charge is -2.02. The van der Waals surface area contributed by atoms with Crippen LogP contribution in [0, 0.1) is 5.92 Å². The number of carbonyl (C=O) groups is 1. The maximum atomic E-state index is 11.0. The van der Waals surface area contributed by atoms with Gasteiger partial charge < -0.3 is 9.52 Å². The van der Waals surface area contributed by atoms with Crippen molar-refractivity contribution in [3.8, 4) is 6.01 Å². The Morgan fingerprint density at radius 2 is 2.23 bits per heavy atom. The molecule has 1 aromatic carbocycles. The van der Waals surface area contributed by atoms with Crippen molar-refractivity contribution in [2.75, 3.05) is 0 Å². The van der Waals surface area contributed by atoms with Gasteiger partial charge in [0.25, 0.3) is 0 Å². The van der Waals surface area contributed by atoms with Gasteiger partial charge in [0.2, 0.25) is 0 Å². The topological polar surface area (TPSA) is 68.3 Å². The van der Waals surface area contributed by atoms with Gasteiger partial charge in [0.15, 0.2) is 5.69 Å². The Labute approximate surface area is 132 Å². The number of carboxylic acid groups (broad SMARTS) is 1. The number of oxazole rings is 1. The van der Waals surface area contributed by atoms with Crippen LogP contribution in [0.4, 0.5) is 0 Å². The van der Waals surface area contributed by atoms with Crippen LogP contribution in [0.3, 0.4) is 0 Å². The summed E-state index contributed by atoms with van der Waals surface area (Å²) in [5.41, 5.74) is 1.88. The van der Waals surface area contributed by atoms with Crippen molar-refractivity contribution < 1.29 is 14.3 Å². The highest BCUT2D eigenvalue weighted by Crippen LogP contribution is 2.29. The first-order valence-electron chi connectivity index (χ1n) is 6.94. The van der Waals surface area contributed by atoms with Crippen LogP contribution >= 0.6 is 11.6 Å². The van der Waals surface area contributed by atoms with Gasteiger partial charge in [-0.15, -0.1) is 0 Å². The zero-order chi connectivity index (χ0) is 15.9. The van der Waals surface area contributed by atoms with E-state index in [9.17, 15) is 4.79 Å². The minimum atomic E-state index is -1.12. The molecule has 0 aliphatic heterocycles. The second-order valence-electron chi connectivity index (χ2n) is 5.60. The SMILES string of the molecule is CC(C)Cc1cn(-c2nc(C(=O)O)co2)c2cc(Cl)ccc12. The van der Waals surface area contributed by atoms with E-state index in [0.717, 1.165) is 29.2 Å². The fourth-order valence-electron chi connectivity index (χ4n) is 2.50. The van der Waals surface area contributed by atoms with E-state index in [4.69, 9.17) is 21.1 Å². The third-order valence-corrected chi connectivity index (χ3v) is 3.63. The maximum absolute atomic E-state index is 11.0. The lowest BCUT2D eigenvalue weighted by molar-refractivity contribution is 0.0690. The number of nitrogens with zero attached hydrogens (tertiary/aromatic N) is 2. The number of halogens is 1. The van der Waals surface area contributed by atoms with Crippen molar-refractivity contribution in [3.63, 3.8) is 0 Å². The number of hydrogen-bond acceptors (Lipinski definition) is 3. The number of rotatable bonds is 4. The fourth-order valence-corrected chi connectivity index (χ4v) is 2.67. The number of carboxylic acids is 1. The number of aromatic carboxylic acids is 1. The monoisotopic (exact) mass is 318 g/mol. The molecule has 3 aromatic rings. The molecule has 0 bridgehead atoms. The number of hydrogen-bond donors (Lipinski definition) is 1. The van der Waals surface area contributed by atoms with E-state index in [2.05, 4.69) is 18.8 Å². The molecule has 0 amide bonds. The lowest BCUT2D eigenvalue weighted by atomic mass is 10.0. The first kappa shape index (κ1) is 14.7. The normalized spacial score (nSPS) is 11.5. The molecule has 1 N–H and O–H groups in total. The molecule has 6 heteroatoms. The van der Waals surface area contributed by atoms with Crippen molar-refractivity contribution in [2.45, 2.75) is 20.3 Å². The minimum absolute atomic E-state index is 0.121. The van der Waals surface area contributed by atoms with Crippen LogP contribution in [0.1, 0.15) is 29.9 Å². The molecule has 0 spiro atoms. The standard InChI is InChI=1S/C16H15ClN2O3/c1-9(2)5-10-7-19(14-6-11(17)3-4-12(10)14)16-18-13(8-22-16)15(20)21/h3-4,6-9H,5H2,1-2H3,(H,20,21). The second-order valence-corrected chi connectivity index (χ2v) is 6.04. The van der Waals surface area contributed by atoms with Gasteiger partial charge in [-0.1, -0.05) is 31.5 Å². The van der Waals surface area contributed by atoms with Crippen LogP contribution < -0.4 is 0 Å².